The van der Waals surface area contributed by atoms with Gasteiger partial charge in [0.1, 0.15) is 0 Å². The number of rotatable bonds is 12. The molecule has 59 heavy (non-hydrogen) atoms. The van der Waals surface area contributed by atoms with Crippen LogP contribution < -0.4 is 18.9 Å². The van der Waals surface area contributed by atoms with E-state index >= 15 is 17.6 Å². The molecule has 4 nitrogen and oxygen atoms in total. The SMILES string of the molecule is C=Cc1cccc(Cc2c(F)c(F)c(OB(Oc3c(F)c(F)c(F)c(F)c3F)Oc3c(F)c(F)c(F)c(F)c3F)c(F)c2F)c1N(c1ccccc1)c1ccc(C)cc1. The standard InChI is InChI=1S/C40H20BF14NO3/c1-3-18-8-7-9-19(37(18)56(20-10-5-4-6-11-20)21-14-12-17(2)13-15-21)16-22-23(42)31(50)38(32(51)24(22)43)57-41(58-39-33(52)27(46)25(44)28(47)34(39)53)59-40-35(54)29(48)26(45)30(49)36(40)55/h3-15H,1,16H2,2H3. The van der Waals surface area contributed by atoms with E-state index in [-0.39, 0.29) is 11.3 Å². The van der Waals surface area contributed by atoms with Gasteiger partial charge in [0, 0.05) is 23.4 Å². The van der Waals surface area contributed by atoms with Crippen molar-refractivity contribution in [3.8, 4) is 17.2 Å². The van der Waals surface area contributed by atoms with Gasteiger partial charge in [-0.1, -0.05) is 66.7 Å². The van der Waals surface area contributed by atoms with Crippen LogP contribution in [0.4, 0.5) is 78.5 Å². The molecule has 0 aromatic heterocycles. The minimum absolute atomic E-state index is 0.0271. The average Bonchev–Trinajstić information content (AvgIpc) is 3.24. The van der Waals surface area contributed by atoms with E-state index in [0.29, 0.717) is 16.9 Å². The number of benzene rings is 6. The Morgan fingerprint density at radius 2 is 0.864 bits per heavy atom. The molecule has 0 atom stereocenters. The van der Waals surface area contributed by atoms with E-state index in [0.717, 1.165) is 5.56 Å². The molecule has 6 aromatic rings. The van der Waals surface area contributed by atoms with Gasteiger partial charge < -0.3 is 18.9 Å². The highest BCUT2D eigenvalue weighted by Gasteiger charge is 2.42. The number of nitrogens with zero attached hydrogens (tertiary/aromatic N) is 1. The van der Waals surface area contributed by atoms with E-state index in [9.17, 15) is 43.9 Å². The van der Waals surface area contributed by atoms with E-state index < -0.39 is 118 Å². The second kappa shape index (κ2) is 16.7. The van der Waals surface area contributed by atoms with E-state index in [4.69, 9.17) is 0 Å². The van der Waals surface area contributed by atoms with Crippen molar-refractivity contribution in [1.82, 2.24) is 0 Å². The molecular formula is C40H20BF14NO3. The van der Waals surface area contributed by atoms with Crippen molar-refractivity contribution in [3.63, 3.8) is 0 Å². The van der Waals surface area contributed by atoms with Gasteiger partial charge in [-0.15, -0.1) is 0 Å². The molecule has 0 fully saturated rings. The fourth-order valence-electron chi connectivity index (χ4n) is 5.71. The normalized spacial score (nSPS) is 11.1. The zero-order valence-electron chi connectivity index (χ0n) is 29.5. The first-order valence-corrected chi connectivity index (χ1v) is 16.5. The molecule has 304 valence electrons. The topological polar surface area (TPSA) is 30.9 Å². The van der Waals surface area contributed by atoms with E-state index in [1.54, 1.807) is 65.6 Å². The quantitative estimate of drug-likeness (QED) is 0.0532. The average molecular weight is 839 g/mol. The third-order valence-electron chi connectivity index (χ3n) is 8.56. The lowest BCUT2D eigenvalue weighted by molar-refractivity contribution is 0.249. The van der Waals surface area contributed by atoms with Crippen LogP contribution in [-0.2, 0) is 6.42 Å². The first-order valence-electron chi connectivity index (χ1n) is 16.5. The van der Waals surface area contributed by atoms with Crippen LogP contribution in [0.5, 0.6) is 17.2 Å². The molecule has 0 radical (unpaired) electrons. The third-order valence-corrected chi connectivity index (χ3v) is 8.56. The summed E-state index contributed by atoms with van der Waals surface area (Å²) in [4.78, 5) is 1.66. The number of anilines is 3. The first-order chi connectivity index (χ1) is 28.0. The smallest absolute Gasteiger partial charge is 0.484 e. The minimum Gasteiger partial charge on any atom is -0.484 e. The van der Waals surface area contributed by atoms with E-state index in [2.05, 4.69) is 20.5 Å². The van der Waals surface area contributed by atoms with Crippen LogP contribution in [0.15, 0.2) is 79.4 Å². The van der Waals surface area contributed by atoms with Crippen LogP contribution in [0, 0.1) is 88.4 Å². The van der Waals surface area contributed by atoms with Crippen molar-refractivity contribution in [2.45, 2.75) is 13.3 Å². The van der Waals surface area contributed by atoms with Crippen LogP contribution in [-0.4, -0.2) is 7.32 Å². The van der Waals surface area contributed by atoms with Crippen molar-refractivity contribution in [3.05, 3.63) is 183 Å². The molecule has 0 aliphatic rings. The second-order valence-corrected chi connectivity index (χ2v) is 12.2. The molecular weight excluding hydrogens is 819 g/mol. The molecule has 0 bridgehead atoms. The molecule has 0 unspecified atom stereocenters. The summed E-state index contributed by atoms with van der Waals surface area (Å²) < 4.78 is 218. The van der Waals surface area contributed by atoms with Gasteiger partial charge in [-0.2, -0.15) is 26.3 Å². The highest BCUT2D eigenvalue weighted by Crippen LogP contribution is 2.42. The minimum atomic E-state index is -3.73. The number of para-hydroxylation sites is 2. The summed E-state index contributed by atoms with van der Waals surface area (Å²) in [5.74, 6) is -44.7. The molecule has 6 rings (SSSR count). The molecule has 0 aliphatic carbocycles. The summed E-state index contributed by atoms with van der Waals surface area (Å²) in [6.07, 6.45) is 0.451. The Hall–Kier alpha value is -6.66. The molecule has 19 heteroatoms. The Morgan fingerprint density at radius 1 is 0.475 bits per heavy atom. The number of hydrogen-bond donors (Lipinski definition) is 0. The lowest BCUT2D eigenvalue weighted by Crippen LogP contribution is -2.39. The molecule has 0 amide bonds. The molecule has 0 aliphatic heterocycles. The number of hydrogen-bond acceptors (Lipinski definition) is 4. The van der Waals surface area contributed by atoms with Crippen molar-refractivity contribution >= 4 is 30.5 Å². The van der Waals surface area contributed by atoms with Crippen LogP contribution in [0.1, 0.15) is 22.3 Å². The number of halogens is 14. The predicted octanol–water partition coefficient (Wildman–Crippen LogP) is 12.2. The van der Waals surface area contributed by atoms with Gasteiger partial charge in [0.15, 0.2) is 28.9 Å². The predicted molar refractivity (Wildman–Crippen MR) is 185 cm³/mol. The highest BCUT2D eigenvalue weighted by molar-refractivity contribution is 6.39. The van der Waals surface area contributed by atoms with Crippen LogP contribution in [0.3, 0.4) is 0 Å². The van der Waals surface area contributed by atoms with Gasteiger partial charge in [0.05, 0.1) is 5.69 Å². The molecule has 0 saturated carbocycles. The summed E-state index contributed by atoms with van der Waals surface area (Å²) in [7, 11) is -3.73. The Labute approximate surface area is 324 Å². The maximum Gasteiger partial charge on any atom is 0.864 e. The summed E-state index contributed by atoms with van der Waals surface area (Å²) in [5, 5.41) is 0. The summed E-state index contributed by atoms with van der Waals surface area (Å²) in [6.45, 7) is 5.61. The highest BCUT2D eigenvalue weighted by atomic mass is 19.2. The van der Waals surface area contributed by atoms with Gasteiger partial charge in [-0.3, -0.25) is 0 Å². The Morgan fingerprint density at radius 3 is 1.29 bits per heavy atom. The van der Waals surface area contributed by atoms with Gasteiger partial charge in [-0.25, -0.2) is 35.1 Å². The second-order valence-electron chi connectivity index (χ2n) is 12.2. The first kappa shape index (κ1) is 42.0. The lowest BCUT2D eigenvalue weighted by atomic mass is 9.96. The van der Waals surface area contributed by atoms with E-state index in [1.165, 1.54) is 18.2 Å². The maximum atomic E-state index is 16.0. The van der Waals surface area contributed by atoms with Crippen LogP contribution >= 0.6 is 0 Å². The Balaban J connectivity index is 1.47. The summed E-state index contributed by atoms with van der Waals surface area (Å²) in [6, 6.07) is 19.8. The van der Waals surface area contributed by atoms with Crippen molar-refractivity contribution in [2.24, 2.45) is 0 Å². The third kappa shape index (κ3) is 7.71. The van der Waals surface area contributed by atoms with Crippen LogP contribution in [0.2, 0.25) is 0 Å². The van der Waals surface area contributed by atoms with Gasteiger partial charge in [0.2, 0.25) is 69.8 Å². The van der Waals surface area contributed by atoms with Gasteiger partial charge >= 0.3 is 7.32 Å². The Bertz CT molecular complexity index is 2450. The van der Waals surface area contributed by atoms with Gasteiger partial charge in [-0.05, 0) is 42.3 Å². The fourth-order valence-corrected chi connectivity index (χ4v) is 5.71. The molecule has 6 aromatic carbocycles. The zero-order valence-corrected chi connectivity index (χ0v) is 29.5. The van der Waals surface area contributed by atoms with E-state index in [1.807, 2.05) is 6.92 Å². The Kier molecular flexibility index (Phi) is 11.9. The van der Waals surface area contributed by atoms with Crippen molar-refractivity contribution in [2.75, 3.05) is 4.90 Å². The maximum absolute atomic E-state index is 16.0. The van der Waals surface area contributed by atoms with Crippen molar-refractivity contribution < 1.29 is 75.4 Å². The number of aryl methyl sites for hydroxylation is 1. The largest absolute Gasteiger partial charge is 0.864 e. The zero-order chi connectivity index (χ0) is 43.0. The summed E-state index contributed by atoms with van der Waals surface area (Å²) >= 11 is 0. The lowest BCUT2D eigenvalue weighted by Gasteiger charge is -2.29. The summed E-state index contributed by atoms with van der Waals surface area (Å²) in [5.41, 5.74) is 1.20. The molecule has 0 spiro atoms. The van der Waals surface area contributed by atoms with Crippen molar-refractivity contribution in [1.29, 1.82) is 0 Å². The molecule has 0 heterocycles. The molecule has 0 N–H and O–H groups in total. The fraction of sp³-hybridized carbons (Fsp3) is 0.0500. The molecule has 0 saturated heterocycles. The van der Waals surface area contributed by atoms with Gasteiger partial charge in [0.25, 0.3) is 0 Å². The van der Waals surface area contributed by atoms with Crippen LogP contribution in [0.25, 0.3) is 6.08 Å². The monoisotopic (exact) mass is 839 g/mol.